The molecular formula is C18H22N4O2. The van der Waals surface area contributed by atoms with Crippen molar-refractivity contribution in [3.63, 3.8) is 0 Å². The Labute approximate surface area is 140 Å². The van der Waals surface area contributed by atoms with Crippen LogP contribution in [0.15, 0.2) is 35.1 Å². The monoisotopic (exact) mass is 326 g/mol. The van der Waals surface area contributed by atoms with Gasteiger partial charge in [-0.2, -0.15) is 5.26 Å². The summed E-state index contributed by atoms with van der Waals surface area (Å²) in [5.41, 5.74) is 7.41. The Kier molecular flexibility index (Phi) is 4.95. The molecule has 6 nitrogen and oxygen atoms in total. The topological polar surface area (TPSA) is 93.1 Å². The van der Waals surface area contributed by atoms with Crippen LogP contribution in [0.4, 0.5) is 0 Å². The summed E-state index contributed by atoms with van der Waals surface area (Å²) in [5.74, 6) is 0. The maximum Gasteiger partial charge on any atom is 0.251 e. The molecule has 1 aliphatic rings. The maximum absolute atomic E-state index is 12.3. The van der Waals surface area contributed by atoms with Gasteiger partial charge in [-0.1, -0.05) is 6.07 Å². The first-order valence-electron chi connectivity index (χ1n) is 8.19. The standard InChI is InChI=1S/C18H22N4O2/c1-24-18-14(20)6-8-21-15(18)7-9-22-16-10-12(11-19)2-3-13(16)4-5-17(22)23/h2-5,10,14-15,18,21H,6-9,20H2,1H3/t14-,15?,18+/m0/s1. The predicted octanol–water partition coefficient (Wildman–Crippen LogP) is 0.967. The van der Waals surface area contributed by atoms with Crippen LogP contribution in [0.2, 0.25) is 0 Å². The number of hydrogen-bond acceptors (Lipinski definition) is 5. The van der Waals surface area contributed by atoms with E-state index in [4.69, 9.17) is 15.7 Å². The molecule has 2 heterocycles. The molecule has 1 aliphatic heterocycles. The van der Waals surface area contributed by atoms with Gasteiger partial charge in [-0.05, 0) is 43.0 Å². The fourth-order valence-electron chi connectivity index (χ4n) is 3.48. The van der Waals surface area contributed by atoms with Crippen LogP contribution in [0.1, 0.15) is 18.4 Å². The Bertz CT molecular complexity index is 824. The Morgan fingerprint density at radius 2 is 2.21 bits per heavy atom. The minimum absolute atomic E-state index is 0.00989. The number of fused-ring (bicyclic) bond motifs is 1. The molecule has 0 spiro atoms. The fourth-order valence-corrected chi connectivity index (χ4v) is 3.48. The van der Waals surface area contributed by atoms with E-state index >= 15 is 0 Å². The highest BCUT2D eigenvalue weighted by molar-refractivity contribution is 5.80. The summed E-state index contributed by atoms with van der Waals surface area (Å²) < 4.78 is 7.27. The first-order chi connectivity index (χ1) is 11.6. The number of piperidine rings is 1. The van der Waals surface area contributed by atoms with Crippen LogP contribution in [0, 0.1) is 11.3 Å². The fraction of sp³-hybridized carbons (Fsp3) is 0.444. The van der Waals surface area contributed by atoms with Crippen molar-refractivity contribution in [1.29, 1.82) is 5.26 Å². The summed E-state index contributed by atoms with van der Waals surface area (Å²) >= 11 is 0. The van der Waals surface area contributed by atoms with E-state index < -0.39 is 0 Å². The number of aromatic nitrogens is 1. The Hall–Kier alpha value is -2.20. The molecule has 1 aromatic heterocycles. The van der Waals surface area contributed by atoms with Crippen LogP contribution in [0.5, 0.6) is 0 Å². The Balaban J connectivity index is 1.88. The number of nitrogens with zero attached hydrogens (tertiary/aromatic N) is 2. The SMILES string of the molecule is CO[C@H]1C(CCn2c(=O)ccc3ccc(C#N)cc32)NCC[C@@H]1N. The largest absolute Gasteiger partial charge is 0.378 e. The molecule has 3 N–H and O–H groups in total. The average Bonchev–Trinajstić information content (AvgIpc) is 2.60. The molecule has 0 aliphatic carbocycles. The van der Waals surface area contributed by atoms with Gasteiger partial charge in [-0.3, -0.25) is 4.79 Å². The number of nitrogens with one attached hydrogen (secondary N) is 1. The van der Waals surface area contributed by atoms with Gasteiger partial charge < -0.3 is 20.4 Å². The van der Waals surface area contributed by atoms with Crippen molar-refractivity contribution < 1.29 is 4.74 Å². The van der Waals surface area contributed by atoms with Gasteiger partial charge in [0.25, 0.3) is 5.56 Å². The normalized spacial score (nSPS) is 24.0. The maximum atomic E-state index is 12.3. The van der Waals surface area contributed by atoms with E-state index in [0.29, 0.717) is 12.1 Å². The molecule has 1 unspecified atom stereocenters. The third kappa shape index (κ3) is 3.20. The summed E-state index contributed by atoms with van der Waals surface area (Å²) in [5, 5.41) is 13.5. The zero-order valence-electron chi connectivity index (χ0n) is 13.7. The minimum atomic E-state index is -0.0633. The van der Waals surface area contributed by atoms with E-state index in [1.807, 2.05) is 6.07 Å². The van der Waals surface area contributed by atoms with E-state index in [1.165, 1.54) is 0 Å². The molecule has 6 heteroatoms. The zero-order valence-corrected chi connectivity index (χ0v) is 13.7. The second-order valence-corrected chi connectivity index (χ2v) is 6.21. The molecule has 126 valence electrons. The zero-order chi connectivity index (χ0) is 17.1. The summed E-state index contributed by atoms with van der Waals surface area (Å²) in [7, 11) is 1.67. The molecule has 1 saturated heterocycles. The van der Waals surface area contributed by atoms with E-state index in [0.717, 1.165) is 30.3 Å². The lowest BCUT2D eigenvalue weighted by Crippen LogP contribution is -2.56. The van der Waals surface area contributed by atoms with Crippen molar-refractivity contribution in [2.75, 3.05) is 13.7 Å². The van der Waals surface area contributed by atoms with Crippen LogP contribution in [0.25, 0.3) is 10.9 Å². The lowest BCUT2D eigenvalue weighted by molar-refractivity contribution is 0.0264. The third-order valence-electron chi connectivity index (χ3n) is 4.76. The third-order valence-corrected chi connectivity index (χ3v) is 4.76. The van der Waals surface area contributed by atoms with Gasteiger partial charge in [0.05, 0.1) is 23.3 Å². The molecule has 0 radical (unpaired) electrons. The predicted molar refractivity (Wildman–Crippen MR) is 92.7 cm³/mol. The van der Waals surface area contributed by atoms with Crippen molar-refractivity contribution >= 4 is 10.9 Å². The van der Waals surface area contributed by atoms with Crippen LogP contribution in [-0.2, 0) is 11.3 Å². The van der Waals surface area contributed by atoms with E-state index in [2.05, 4.69) is 11.4 Å². The first-order valence-corrected chi connectivity index (χ1v) is 8.19. The molecule has 2 aromatic rings. The highest BCUT2D eigenvalue weighted by Gasteiger charge is 2.30. The van der Waals surface area contributed by atoms with Crippen LogP contribution in [0.3, 0.4) is 0 Å². The molecular weight excluding hydrogens is 304 g/mol. The molecule has 1 fully saturated rings. The number of methoxy groups -OCH3 is 1. The lowest BCUT2D eigenvalue weighted by Gasteiger charge is -2.36. The number of nitrogens with two attached hydrogens (primary N) is 1. The van der Waals surface area contributed by atoms with Gasteiger partial charge in [0, 0.05) is 31.8 Å². The summed E-state index contributed by atoms with van der Waals surface area (Å²) in [6, 6.07) is 11.0. The number of rotatable bonds is 4. The number of ether oxygens (including phenoxy) is 1. The minimum Gasteiger partial charge on any atom is -0.378 e. The van der Waals surface area contributed by atoms with Gasteiger partial charge in [0.15, 0.2) is 0 Å². The molecule has 0 amide bonds. The average molecular weight is 326 g/mol. The highest BCUT2D eigenvalue weighted by Crippen LogP contribution is 2.17. The lowest BCUT2D eigenvalue weighted by atomic mass is 9.94. The van der Waals surface area contributed by atoms with E-state index in [1.54, 1.807) is 35.9 Å². The summed E-state index contributed by atoms with van der Waals surface area (Å²) in [4.78, 5) is 12.3. The van der Waals surface area contributed by atoms with Crippen molar-refractivity contribution in [3.05, 3.63) is 46.2 Å². The number of pyridine rings is 1. The van der Waals surface area contributed by atoms with Crippen molar-refractivity contribution in [2.24, 2.45) is 5.73 Å². The van der Waals surface area contributed by atoms with Crippen molar-refractivity contribution in [3.8, 4) is 6.07 Å². The van der Waals surface area contributed by atoms with Gasteiger partial charge in [0.2, 0.25) is 0 Å². The van der Waals surface area contributed by atoms with E-state index in [-0.39, 0.29) is 23.7 Å². The van der Waals surface area contributed by atoms with Crippen molar-refractivity contribution in [2.45, 2.75) is 37.6 Å². The van der Waals surface area contributed by atoms with Gasteiger partial charge >= 0.3 is 0 Å². The van der Waals surface area contributed by atoms with Gasteiger partial charge in [0.1, 0.15) is 0 Å². The number of aryl methyl sites for hydroxylation is 1. The van der Waals surface area contributed by atoms with E-state index in [9.17, 15) is 4.79 Å². The Morgan fingerprint density at radius 1 is 1.42 bits per heavy atom. The van der Waals surface area contributed by atoms with Crippen LogP contribution in [-0.4, -0.2) is 36.4 Å². The second kappa shape index (κ2) is 7.14. The first kappa shape index (κ1) is 16.7. The quantitative estimate of drug-likeness (QED) is 0.873. The summed E-state index contributed by atoms with van der Waals surface area (Å²) in [6.07, 6.45) is 1.57. The van der Waals surface area contributed by atoms with Gasteiger partial charge in [-0.25, -0.2) is 0 Å². The molecule has 3 atom stereocenters. The molecule has 1 aromatic carbocycles. The molecule has 0 bridgehead atoms. The van der Waals surface area contributed by atoms with Crippen LogP contribution < -0.4 is 16.6 Å². The molecule has 24 heavy (non-hydrogen) atoms. The smallest absolute Gasteiger partial charge is 0.251 e. The number of benzene rings is 1. The number of nitriles is 1. The molecule has 0 saturated carbocycles. The summed E-state index contributed by atoms with van der Waals surface area (Å²) in [6.45, 7) is 1.41. The van der Waals surface area contributed by atoms with Gasteiger partial charge in [-0.15, -0.1) is 0 Å². The number of hydrogen-bond donors (Lipinski definition) is 2. The Morgan fingerprint density at radius 3 is 2.96 bits per heavy atom. The highest BCUT2D eigenvalue weighted by atomic mass is 16.5. The van der Waals surface area contributed by atoms with Crippen molar-refractivity contribution in [1.82, 2.24) is 9.88 Å². The second-order valence-electron chi connectivity index (χ2n) is 6.21. The molecule has 3 rings (SSSR count). The van der Waals surface area contributed by atoms with Crippen LogP contribution >= 0.6 is 0 Å².